The molecule has 0 amide bonds. The van der Waals surface area contributed by atoms with E-state index in [2.05, 4.69) is 25.1 Å². The van der Waals surface area contributed by atoms with Crippen molar-refractivity contribution in [2.45, 2.75) is 74.2 Å². The van der Waals surface area contributed by atoms with Gasteiger partial charge in [-0.1, -0.05) is 11.3 Å². The summed E-state index contributed by atoms with van der Waals surface area (Å²) in [7, 11) is 0. The molecule has 3 unspecified atom stereocenters. The molecule has 1 aliphatic carbocycles. The van der Waals surface area contributed by atoms with Crippen LogP contribution in [-0.4, -0.2) is 82.4 Å². The zero-order valence-electron chi connectivity index (χ0n) is 24.8. The number of ether oxygens (including phenoxy) is 1. The zero-order valence-corrected chi connectivity index (χ0v) is 25.7. The Morgan fingerprint density at radius 1 is 1.04 bits per heavy atom. The van der Waals surface area contributed by atoms with Crippen molar-refractivity contribution in [1.82, 2.24) is 25.2 Å². The largest absolute Gasteiger partial charge is 0.461 e. The maximum absolute atomic E-state index is 17.2. The number of rotatable bonds is 6. The molecule has 2 bridgehead atoms. The highest BCUT2D eigenvalue weighted by molar-refractivity contribution is 7.22. The van der Waals surface area contributed by atoms with Crippen LogP contribution in [0.2, 0.25) is 0 Å². The van der Waals surface area contributed by atoms with Crippen molar-refractivity contribution in [3.63, 3.8) is 0 Å². The van der Waals surface area contributed by atoms with Crippen LogP contribution in [0.15, 0.2) is 18.2 Å². The fourth-order valence-corrected chi connectivity index (χ4v) is 9.19. The van der Waals surface area contributed by atoms with Crippen LogP contribution in [0.25, 0.3) is 32.2 Å². The number of fused-ring (bicyclic) bond motifs is 5. The van der Waals surface area contributed by atoms with E-state index in [1.54, 1.807) is 6.07 Å². The summed E-state index contributed by atoms with van der Waals surface area (Å²) in [4.78, 5) is 17.8. The molecule has 5 aliphatic rings. The lowest BCUT2D eigenvalue weighted by molar-refractivity contribution is 0.107. The molecule has 8 nitrogen and oxygen atoms in total. The number of halogens is 5. The molecule has 2 aromatic heterocycles. The SMILES string of the molecule is Nc1nc2c(-c3c(C4CC4(F)F)cc4c(N5CC6CCC(C5)N6)nc(OC[C@@]56CCCN5C[C@H](F)C6)nc4c3F)ccc(F)c2s1. The minimum Gasteiger partial charge on any atom is -0.461 e. The van der Waals surface area contributed by atoms with Gasteiger partial charge in [0.2, 0.25) is 0 Å². The summed E-state index contributed by atoms with van der Waals surface area (Å²) in [5.74, 6) is -5.23. The maximum Gasteiger partial charge on any atom is 0.319 e. The number of nitrogens with one attached hydrogen (secondary N) is 1. The minimum absolute atomic E-state index is 0.0478. The third-order valence-corrected chi connectivity index (χ3v) is 11.5. The van der Waals surface area contributed by atoms with Crippen molar-refractivity contribution in [1.29, 1.82) is 0 Å². The summed E-state index contributed by atoms with van der Waals surface area (Å²) in [6.07, 6.45) is 2.67. The predicted molar refractivity (Wildman–Crippen MR) is 165 cm³/mol. The molecule has 4 aromatic rings. The van der Waals surface area contributed by atoms with Gasteiger partial charge >= 0.3 is 6.01 Å². The Morgan fingerprint density at radius 2 is 1.83 bits per heavy atom. The molecule has 1 saturated carbocycles. The highest BCUT2D eigenvalue weighted by atomic mass is 32.1. The van der Waals surface area contributed by atoms with Crippen LogP contribution in [0.1, 0.15) is 50.0 Å². The van der Waals surface area contributed by atoms with Crippen molar-refractivity contribution in [3.05, 3.63) is 35.4 Å². The van der Waals surface area contributed by atoms with E-state index in [1.165, 1.54) is 12.1 Å². The molecule has 0 spiro atoms. The topological polar surface area (TPSA) is 92.4 Å². The normalized spacial score (nSPS) is 30.1. The van der Waals surface area contributed by atoms with E-state index in [0.717, 1.165) is 43.6 Å². The van der Waals surface area contributed by atoms with Crippen molar-refractivity contribution in [2.75, 3.05) is 43.4 Å². The van der Waals surface area contributed by atoms with E-state index >= 15 is 4.39 Å². The number of nitrogens with zero attached hydrogens (tertiary/aromatic N) is 5. The summed E-state index contributed by atoms with van der Waals surface area (Å²) in [6.45, 7) is 2.52. The van der Waals surface area contributed by atoms with Gasteiger partial charge < -0.3 is 20.7 Å². The van der Waals surface area contributed by atoms with Crippen LogP contribution in [0.3, 0.4) is 0 Å². The number of anilines is 2. The molecule has 2 aromatic carbocycles. The highest BCUT2D eigenvalue weighted by Crippen LogP contribution is 2.59. The minimum atomic E-state index is -3.02. The number of alkyl halides is 3. The molecular formula is C32H32F5N7OS. The van der Waals surface area contributed by atoms with E-state index in [-0.39, 0.29) is 62.3 Å². The summed E-state index contributed by atoms with van der Waals surface area (Å²) in [5, 5.41) is 3.98. The van der Waals surface area contributed by atoms with Gasteiger partial charge in [-0.05, 0) is 56.0 Å². The third-order valence-electron chi connectivity index (χ3n) is 10.7. The van der Waals surface area contributed by atoms with Gasteiger partial charge in [0, 0.05) is 61.1 Å². The molecule has 46 heavy (non-hydrogen) atoms. The Morgan fingerprint density at radius 3 is 2.59 bits per heavy atom. The Kier molecular flexibility index (Phi) is 6.31. The lowest BCUT2D eigenvalue weighted by atomic mass is 9.92. The number of nitrogens with two attached hydrogens (primary N) is 1. The van der Waals surface area contributed by atoms with Gasteiger partial charge in [-0.2, -0.15) is 9.97 Å². The molecule has 14 heteroatoms. The molecule has 5 fully saturated rings. The van der Waals surface area contributed by atoms with E-state index in [4.69, 9.17) is 15.5 Å². The molecule has 5 atom stereocenters. The molecular weight excluding hydrogens is 625 g/mol. The van der Waals surface area contributed by atoms with Crippen LogP contribution in [0.4, 0.5) is 32.9 Å². The monoisotopic (exact) mass is 657 g/mol. The Hall–Kier alpha value is -3.36. The summed E-state index contributed by atoms with van der Waals surface area (Å²) in [5.41, 5.74) is 5.65. The first-order chi connectivity index (χ1) is 22.1. The molecule has 4 aliphatic heterocycles. The van der Waals surface area contributed by atoms with Crippen LogP contribution < -0.4 is 20.7 Å². The highest BCUT2D eigenvalue weighted by Gasteiger charge is 2.59. The van der Waals surface area contributed by atoms with Crippen molar-refractivity contribution in [2.24, 2.45) is 0 Å². The Balaban J connectivity index is 1.23. The van der Waals surface area contributed by atoms with Gasteiger partial charge in [0.15, 0.2) is 10.9 Å². The number of thiazole rings is 1. The van der Waals surface area contributed by atoms with Crippen LogP contribution >= 0.6 is 11.3 Å². The zero-order chi connectivity index (χ0) is 31.5. The van der Waals surface area contributed by atoms with Gasteiger partial charge in [-0.15, -0.1) is 0 Å². The number of hydrogen-bond donors (Lipinski definition) is 2. The van der Waals surface area contributed by atoms with Crippen molar-refractivity contribution in [3.8, 4) is 17.1 Å². The van der Waals surface area contributed by atoms with E-state index < -0.39 is 41.6 Å². The van der Waals surface area contributed by atoms with Crippen molar-refractivity contribution >= 4 is 43.4 Å². The first-order valence-electron chi connectivity index (χ1n) is 15.9. The third kappa shape index (κ3) is 4.46. The lowest BCUT2D eigenvalue weighted by Crippen LogP contribution is -2.51. The van der Waals surface area contributed by atoms with E-state index in [9.17, 15) is 17.6 Å². The van der Waals surface area contributed by atoms with E-state index in [1.807, 2.05) is 0 Å². The van der Waals surface area contributed by atoms with Crippen LogP contribution in [-0.2, 0) is 0 Å². The first kappa shape index (κ1) is 28.8. The molecule has 9 rings (SSSR count). The predicted octanol–water partition coefficient (Wildman–Crippen LogP) is 5.79. The molecule has 0 radical (unpaired) electrons. The average Bonchev–Trinajstić information content (AvgIpc) is 3.44. The lowest BCUT2D eigenvalue weighted by Gasteiger charge is -2.35. The second kappa shape index (κ2) is 10.1. The number of benzene rings is 2. The van der Waals surface area contributed by atoms with E-state index in [0.29, 0.717) is 37.3 Å². The van der Waals surface area contributed by atoms with Gasteiger partial charge in [0.25, 0.3) is 5.92 Å². The van der Waals surface area contributed by atoms with Crippen molar-refractivity contribution < 1.29 is 26.7 Å². The smallest absolute Gasteiger partial charge is 0.319 e. The molecule has 4 saturated heterocycles. The molecule has 6 heterocycles. The summed E-state index contributed by atoms with van der Waals surface area (Å²) < 4.78 is 82.4. The number of aromatic nitrogens is 3. The summed E-state index contributed by atoms with van der Waals surface area (Å²) in [6, 6.07) is 4.51. The van der Waals surface area contributed by atoms with Gasteiger partial charge in [-0.3, -0.25) is 4.90 Å². The molecule has 3 N–H and O–H groups in total. The number of nitrogen functional groups attached to an aromatic ring is 1. The fraction of sp³-hybridized carbons (Fsp3) is 0.531. The number of piperazine rings is 1. The van der Waals surface area contributed by atoms with Gasteiger partial charge in [-0.25, -0.2) is 26.9 Å². The van der Waals surface area contributed by atoms with Gasteiger partial charge in [0.05, 0.1) is 21.7 Å². The second-order valence-electron chi connectivity index (χ2n) is 13.6. The average molecular weight is 658 g/mol. The van der Waals surface area contributed by atoms with Gasteiger partial charge in [0.1, 0.15) is 29.9 Å². The van der Waals surface area contributed by atoms with Crippen LogP contribution in [0.5, 0.6) is 6.01 Å². The Bertz CT molecular complexity index is 1890. The summed E-state index contributed by atoms with van der Waals surface area (Å²) >= 11 is 0.915. The second-order valence-corrected chi connectivity index (χ2v) is 14.7. The Labute approximate surface area is 265 Å². The quantitative estimate of drug-likeness (QED) is 0.252. The first-order valence-corrected chi connectivity index (χ1v) is 16.7. The van der Waals surface area contributed by atoms with Crippen LogP contribution in [0, 0.1) is 11.6 Å². The fourth-order valence-electron chi connectivity index (χ4n) is 8.43. The standard InChI is InChI=1S/C32H32F5N7OS/c33-15-9-31(6-1-7-44(31)11-15)14-45-30-41-25-20(28(42-30)43-12-16-2-3-17(13-43)39-16)8-19(21-10-32(21,36)37)23(24(25)35)18-4-5-22(34)27-26(18)40-29(38)46-27/h4-5,8,15-17,21,39H,1-3,6-7,9-14H2,(H2,38,40)/t15-,16?,17?,21?,31+/m1/s1. The molecule has 242 valence electrons. The number of hydrogen-bond acceptors (Lipinski definition) is 9. The maximum atomic E-state index is 17.2.